The van der Waals surface area contributed by atoms with E-state index >= 15 is 13.2 Å². The number of likely N-dealkylation sites (tertiary alicyclic amines) is 1. The van der Waals surface area contributed by atoms with Crippen molar-refractivity contribution in [1.82, 2.24) is 40.4 Å². The molecule has 20 nitrogen and oxygen atoms in total. The molecule has 0 unspecified atom stereocenters. The fourth-order valence-electron chi connectivity index (χ4n) is 10.4. The van der Waals surface area contributed by atoms with Crippen molar-refractivity contribution in [3.8, 4) is 16.9 Å². The van der Waals surface area contributed by atoms with Crippen molar-refractivity contribution < 1.29 is 71.9 Å². The Morgan fingerprint density at radius 1 is 0.687 bits per heavy atom. The van der Waals surface area contributed by atoms with E-state index in [1.165, 1.54) is 31.7 Å². The first kappa shape index (κ1) is 64.5. The number of amides is 3. The minimum Gasteiger partial charge on any atom is -0.491 e. The number of carboxylic acids is 4. The Morgan fingerprint density at radius 2 is 1.31 bits per heavy atom. The Balaban J connectivity index is 1.19. The number of carbonyl (C=O) groups is 7. The van der Waals surface area contributed by atoms with Crippen molar-refractivity contribution in [3.05, 3.63) is 124 Å². The maximum absolute atomic E-state index is 15.1. The Hall–Kier alpha value is -7.70. The zero-order valence-electron chi connectivity index (χ0n) is 46.9. The number of alkyl halides is 3. The van der Waals surface area contributed by atoms with Gasteiger partial charge in [-0.3, -0.25) is 58.1 Å². The zero-order chi connectivity index (χ0) is 60.1. The Kier molecular flexibility index (Phi) is 24.6. The molecule has 7 N–H and O–H groups in total. The van der Waals surface area contributed by atoms with Crippen LogP contribution in [0, 0.1) is 13.8 Å². The van der Waals surface area contributed by atoms with Gasteiger partial charge < -0.3 is 41.1 Å². The summed E-state index contributed by atoms with van der Waals surface area (Å²) in [5.74, 6) is -6.23. The number of nitrogens with zero attached hydrogens (tertiary/aromatic N) is 5. The number of rotatable bonds is 29. The van der Waals surface area contributed by atoms with Crippen molar-refractivity contribution in [2.45, 2.75) is 96.4 Å². The standard InChI is InChI=1S/C60H75F3N8O12/c1-41-20-22-43(23-21-41)12-10-19-53(72)64-26-8-6-17-50(66-54(73)33-67-37-68(34-55(74)75)39-70(36-57(78)79)40-69(38-67)35-56(76)77)58(80)65-27-29-83-52-31-46(25-24-44-15-11-16-48(42(44)2)45-13-4-3-5-14-45)49(60(61,62)63)30-47(52)32-71-28-9-7-18-51(71)59(81)82/h3-5,11,13-16,20-25,30-31,50-51H,6-10,12,17-19,26-29,32-40H2,1-2H3,(H,64,72)(H,65,80)(H,66,73)(H,74,75)(H,76,77)(H,78,79)(H,81,82)/b25-24+/t50-,51-/m0/s1. The molecular weight excluding hydrogens is 1080 g/mol. The van der Waals surface area contributed by atoms with E-state index in [4.69, 9.17) is 4.74 Å². The summed E-state index contributed by atoms with van der Waals surface area (Å²) in [6.45, 7) is 0.998. The molecule has 0 bridgehead atoms. The third kappa shape index (κ3) is 21.2. The summed E-state index contributed by atoms with van der Waals surface area (Å²) in [5.41, 5.74) is 4.52. The van der Waals surface area contributed by atoms with Crippen LogP contribution in [0.1, 0.15) is 90.3 Å². The van der Waals surface area contributed by atoms with Gasteiger partial charge in [-0.05, 0) is 111 Å². The van der Waals surface area contributed by atoms with Crippen LogP contribution < -0.4 is 20.7 Å². The second-order valence-corrected chi connectivity index (χ2v) is 21.1. The van der Waals surface area contributed by atoms with E-state index in [1.807, 2.05) is 80.6 Å². The predicted molar refractivity (Wildman–Crippen MR) is 303 cm³/mol. The average molecular weight is 1160 g/mol. The van der Waals surface area contributed by atoms with Crippen molar-refractivity contribution >= 4 is 53.8 Å². The number of benzene rings is 4. The largest absolute Gasteiger partial charge is 0.491 e. The number of ether oxygens (including phenoxy) is 1. The second kappa shape index (κ2) is 31.7. The highest BCUT2D eigenvalue weighted by molar-refractivity contribution is 5.88. The lowest BCUT2D eigenvalue weighted by Crippen LogP contribution is -2.58. The van der Waals surface area contributed by atoms with Gasteiger partial charge in [0, 0.05) is 25.1 Å². The van der Waals surface area contributed by atoms with Gasteiger partial charge in [-0.2, -0.15) is 13.2 Å². The van der Waals surface area contributed by atoms with Crippen LogP contribution in [0.4, 0.5) is 13.2 Å². The van der Waals surface area contributed by atoms with Crippen molar-refractivity contribution in [1.29, 1.82) is 0 Å². The van der Waals surface area contributed by atoms with Crippen molar-refractivity contribution in [2.24, 2.45) is 0 Å². The SMILES string of the molecule is Cc1ccc(CCCC(=O)NCCCC[C@H](NC(=O)CN2CN(CC(=O)O)CN(CC(=O)O)CN(CC(=O)O)C2)C(=O)NCCOc2cc(/C=C/c3cccc(-c4ccccc4)c3C)c(C(F)(F)F)cc2CN2CCCC[C@H]2C(=O)O)cc1. The number of halogens is 3. The molecule has 83 heavy (non-hydrogen) atoms. The van der Waals surface area contributed by atoms with Crippen LogP contribution >= 0.6 is 0 Å². The van der Waals surface area contributed by atoms with Crippen LogP contribution in [0.3, 0.4) is 0 Å². The summed E-state index contributed by atoms with van der Waals surface area (Å²) in [7, 11) is 0. The maximum atomic E-state index is 15.1. The van der Waals surface area contributed by atoms with Crippen molar-refractivity contribution in [3.63, 3.8) is 0 Å². The molecule has 448 valence electrons. The van der Waals surface area contributed by atoms with E-state index in [1.54, 1.807) is 17.0 Å². The van der Waals surface area contributed by atoms with Crippen molar-refractivity contribution in [2.75, 3.05) is 79.1 Å². The number of hydrogen-bond acceptors (Lipinski definition) is 13. The molecule has 4 aromatic rings. The Morgan fingerprint density at radius 3 is 1.93 bits per heavy atom. The van der Waals surface area contributed by atoms with Crippen LogP contribution in [0.2, 0.25) is 0 Å². The lowest BCUT2D eigenvalue weighted by molar-refractivity contribution is -0.147. The zero-order valence-corrected chi connectivity index (χ0v) is 46.9. The monoisotopic (exact) mass is 1160 g/mol. The first-order chi connectivity index (χ1) is 39.6. The quantitative estimate of drug-likeness (QED) is 0.0236. The van der Waals surface area contributed by atoms with E-state index in [0.29, 0.717) is 57.1 Å². The molecule has 0 spiro atoms. The number of aryl methyl sites for hydroxylation is 2. The minimum atomic E-state index is -4.83. The molecule has 0 saturated carbocycles. The van der Waals surface area contributed by atoms with Crippen LogP contribution in [-0.4, -0.2) is 178 Å². The number of aliphatic carboxylic acids is 4. The van der Waals surface area contributed by atoms with E-state index in [0.717, 1.165) is 40.3 Å². The fourth-order valence-corrected chi connectivity index (χ4v) is 10.4. The van der Waals surface area contributed by atoms with Gasteiger partial charge in [-0.25, -0.2) is 0 Å². The summed E-state index contributed by atoms with van der Waals surface area (Å²) >= 11 is 0. The van der Waals surface area contributed by atoms with Crippen LogP contribution in [0.25, 0.3) is 23.3 Å². The summed E-state index contributed by atoms with van der Waals surface area (Å²) in [6, 6.07) is 23.3. The van der Waals surface area contributed by atoms with Crippen LogP contribution in [-0.2, 0) is 52.7 Å². The normalized spacial score (nSPS) is 16.4. The summed E-state index contributed by atoms with van der Waals surface area (Å²) in [5, 5.41) is 47.3. The van der Waals surface area contributed by atoms with Crippen LogP contribution in [0.15, 0.2) is 84.9 Å². The molecule has 2 saturated heterocycles. The van der Waals surface area contributed by atoms with Gasteiger partial charge in [-0.1, -0.05) is 96.9 Å². The molecular formula is C60H75F3N8O12. The van der Waals surface area contributed by atoms with Gasteiger partial charge in [0.15, 0.2) is 0 Å². The number of hydrogen-bond donors (Lipinski definition) is 7. The topological polar surface area (TPSA) is 262 Å². The van der Waals surface area contributed by atoms with Gasteiger partial charge in [-0.15, -0.1) is 0 Å². The summed E-state index contributed by atoms with van der Waals surface area (Å²) in [4.78, 5) is 95.7. The van der Waals surface area contributed by atoms with E-state index in [2.05, 4.69) is 16.0 Å². The highest BCUT2D eigenvalue weighted by atomic mass is 19.4. The average Bonchev–Trinajstić information content (AvgIpc) is 3.53. The lowest BCUT2D eigenvalue weighted by atomic mass is 9.95. The fraction of sp³-hybridized carbons (Fsp3) is 0.450. The molecule has 0 aromatic heterocycles. The maximum Gasteiger partial charge on any atom is 0.417 e. The second-order valence-electron chi connectivity index (χ2n) is 21.1. The predicted octanol–water partition coefficient (Wildman–Crippen LogP) is 6.19. The molecule has 2 aliphatic rings. The minimum absolute atomic E-state index is 0.0339. The third-order valence-corrected chi connectivity index (χ3v) is 14.3. The Labute approximate surface area is 480 Å². The molecule has 4 aromatic carbocycles. The van der Waals surface area contributed by atoms with E-state index in [9.17, 15) is 54.0 Å². The van der Waals surface area contributed by atoms with Gasteiger partial charge >= 0.3 is 30.1 Å². The first-order valence-electron chi connectivity index (χ1n) is 27.7. The molecule has 0 aliphatic carbocycles. The molecule has 0 radical (unpaired) electrons. The molecule has 23 heteroatoms. The molecule has 2 atom stereocenters. The Bertz CT molecular complexity index is 2860. The molecule has 6 rings (SSSR count). The number of nitrogens with one attached hydrogen (secondary N) is 3. The first-order valence-corrected chi connectivity index (χ1v) is 27.7. The number of piperidine rings is 1. The van der Waals surface area contributed by atoms with Gasteiger partial charge in [0.1, 0.15) is 24.4 Å². The van der Waals surface area contributed by atoms with E-state index < -0.39 is 85.7 Å². The number of carboxylic acid groups (broad SMARTS) is 4. The number of unbranched alkanes of at least 4 members (excludes halogenated alkanes) is 1. The highest BCUT2D eigenvalue weighted by Crippen LogP contribution is 2.38. The molecule has 3 amide bonds. The van der Waals surface area contributed by atoms with Crippen LogP contribution in [0.5, 0.6) is 5.75 Å². The van der Waals surface area contributed by atoms with Gasteiger partial charge in [0.2, 0.25) is 17.7 Å². The molecule has 2 fully saturated rings. The molecule has 2 aliphatic heterocycles. The summed E-state index contributed by atoms with van der Waals surface area (Å²) in [6.07, 6.45) is 2.23. The van der Waals surface area contributed by atoms with Gasteiger partial charge in [0.25, 0.3) is 0 Å². The van der Waals surface area contributed by atoms with E-state index in [-0.39, 0.29) is 82.1 Å². The van der Waals surface area contributed by atoms with Gasteiger partial charge in [0.05, 0.1) is 65.0 Å². The lowest BCUT2D eigenvalue weighted by Gasteiger charge is -2.40. The molecule has 2 heterocycles. The number of carbonyl (C=O) groups excluding carboxylic acids is 3. The highest BCUT2D eigenvalue weighted by Gasteiger charge is 2.36. The summed E-state index contributed by atoms with van der Waals surface area (Å²) < 4.78 is 51.4. The smallest absolute Gasteiger partial charge is 0.417 e. The third-order valence-electron chi connectivity index (χ3n) is 14.3.